The fourth-order valence-corrected chi connectivity index (χ4v) is 4.58. The maximum atomic E-state index is 14.0. The van der Waals surface area contributed by atoms with Crippen LogP contribution in [-0.2, 0) is 10.0 Å². The Balaban J connectivity index is 1.93. The van der Waals surface area contributed by atoms with Crippen molar-refractivity contribution in [3.63, 3.8) is 0 Å². The van der Waals surface area contributed by atoms with Crippen LogP contribution in [0.1, 0.15) is 10.4 Å². The molecule has 0 atom stereocenters. The predicted molar refractivity (Wildman–Crippen MR) is 120 cm³/mol. The van der Waals surface area contributed by atoms with Crippen molar-refractivity contribution in [1.29, 1.82) is 0 Å². The van der Waals surface area contributed by atoms with Crippen LogP contribution in [0.2, 0.25) is 0 Å². The molecule has 0 aliphatic heterocycles. The monoisotopic (exact) mass is 488 g/mol. The molecule has 0 fully saturated rings. The molecule has 5 nitrogen and oxygen atoms in total. The summed E-state index contributed by atoms with van der Waals surface area (Å²) in [6.07, 6.45) is 1.48. The first-order valence-electron chi connectivity index (χ1n) is 8.88. The van der Waals surface area contributed by atoms with Gasteiger partial charge in [-0.25, -0.2) is 12.8 Å². The van der Waals surface area contributed by atoms with Crippen LogP contribution in [0.25, 0.3) is 0 Å². The van der Waals surface area contributed by atoms with Gasteiger partial charge in [0.05, 0.1) is 22.8 Å². The lowest BCUT2D eigenvalue weighted by atomic mass is 10.2. The summed E-state index contributed by atoms with van der Waals surface area (Å²) in [5, 5.41) is 2.46. The molecule has 0 saturated heterocycles. The van der Waals surface area contributed by atoms with Crippen molar-refractivity contribution in [1.82, 2.24) is 0 Å². The molecule has 1 N–H and O–H groups in total. The van der Waals surface area contributed by atoms with Crippen molar-refractivity contribution in [2.45, 2.75) is 4.90 Å². The molecular weight excluding hydrogens is 471 g/mol. The molecule has 30 heavy (non-hydrogen) atoms. The van der Waals surface area contributed by atoms with Crippen molar-refractivity contribution in [2.24, 2.45) is 0 Å². The van der Waals surface area contributed by atoms with Crippen LogP contribution in [0.5, 0.6) is 0 Å². The van der Waals surface area contributed by atoms with E-state index >= 15 is 0 Å². The topological polar surface area (TPSA) is 66.5 Å². The number of nitrogens with zero attached hydrogens (tertiary/aromatic N) is 1. The molecule has 1 amide bonds. The molecule has 0 saturated carbocycles. The Kier molecular flexibility index (Phi) is 6.69. The number of rotatable bonds is 7. The van der Waals surface area contributed by atoms with E-state index in [0.717, 1.165) is 0 Å². The third-order valence-electron chi connectivity index (χ3n) is 4.20. The maximum absolute atomic E-state index is 14.0. The molecule has 154 valence electrons. The Morgan fingerprint density at radius 1 is 1.07 bits per heavy atom. The van der Waals surface area contributed by atoms with E-state index in [9.17, 15) is 17.6 Å². The molecule has 3 aromatic rings. The first-order valence-corrected chi connectivity index (χ1v) is 11.1. The minimum atomic E-state index is -3.96. The fourth-order valence-electron chi connectivity index (χ4n) is 2.76. The zero-order valence-electron chi connectivity index (χ0n) is 15.8. The van der Waals surface area contributed by atoms with Gasteiger partial charge in [-0.2, -0.15) is 0 Å². The van der Waals surface area contributed by atoms with E-state index in [0.29, 0.717) is 10.2 Å². The smallest absolute Gasteiger partial charge is 0.264 e. The lowest BCUT2D eigenvalue weighted by molar-refractivity contribution is 0.102. The average Bonchev–Trinajstić information content (AvgIpc) is 2.74. The summed E-state index contributed by atoms with van der Waals surface area (Å²) in [5.41, 5.74) is 0.559. The molecule has 0 aliphatic rings. The standard InChI is InChI=1S/C22H18BrFN2O3S/c1-2-13-26(18-8-4-3-5-9-18)30(28,29)19-10-6-7-16(14-19)22(27)25-21-12-11-17(23)15-20(21)24/h2-12,14-15H,1,13H2,(H,25,27). The molecule has 0 heterocycles. The summed E-state index contributed by atoms with van der Waals surface area (Å²) in [7, 11) is -3.96. The Morgan fingerprint density at radius 2 is 1.80 bits per heavy atom. The normalized spacial score (nSPS) is 11.0. The Bertz CT molecular complexity index is 1180. The molecule has 3 aromatic carbocycles. The van der Waals surface area contributed by atoms with Gasteiger partial charge >= 0.3 is 0 Å². The number of benzene rings is 3. The zero-order valence-corrected chi connectivity index (χ0v) is 18.2. The molecule has 3 rings (SSSR count). The van der Waals surface area contributed by atoms with Gasteiger partial charge in [-0.05, 0) is 48.5 Å². The van der Waals surface area contributed by atoms with E-state index in [-0.39, 0.29) is 22.7 Å². The van der Waals surface area contributed by atoms with Crippen LogP contribution in [0.4, 0.5) is 15.8 Å². The van der Waals surface area contributed by atoms with Gasteiger partial charge in [0.2, 0.25) is 0 Å². The second kappa shape index (κ2) is 9.23. The van der Waals surface area contributed by atoms with Crippen LogP contribution in [0.3, 0.4) is 0 Å². The SMILES string of the molecule is C=CCN(c1ccccc1)S(=O)(=O)c1cccc(C(=O)Nc2ccc(Br)cc2F)c1. The minimum Gasteiger partial charge on any atom is -0.319 e. The zero-order chi connectivity index (χ0) is 21.7. The van der Waals surface area contributed by atoms with Crippen molar-refractivity contribution >= 4 is 43.2 Å². The van der Waals surface area contributed by atoms with Crippen LogP contribution >= 0.6 is 15.9 Å². The molecule has 8 heteroatoms. The molecular formula is C22H18BrFN2O3S. The first kappa shape index (κ1) is 21.7. The third-order valence-corrected chi connectivity index (χ3v) is 6.49. The van der Waals surface area contributed by atoms with Gasteiger partial charge in [-0.1, -0.05) is 46.3 Å². The van der Waals surface area contributed by atoms with Gasteiger partial charge in [0, 0.05) is 10.0 Å². The number of carbonyl (C=O) groups is 1. The highest BCUT2D eigenvalue weighted by Gasteiger charge is 2.25. The number of hydrogen-bond acceptors (Lipinski definition) is 3. The summed E-state index contributed by atoms with van der Waals surface area (Å²) < 4.78 is 42.2. The van der Waals surface area contributed by atoms with E-state index in [1.807, 2.05) is 0 Å². The van der Waals surface area contributed by atoms with E-state index < -0.39 is 21.7 Å². The number of nitrogens with one attached hydrogen (secondary N) is 1. The van der Waals surface area contributed by atoms with E-state index in [1.165, 1.54) is 46.8 Å². The van der Waals surface area contributed by atoms with Crippen molar-refractivity contribution in [3.05, 3.63) is 101 Å². The number of anilines is 2. The Labute approximate surface area is 183 Å². The van der Waals surface area contributed by atoms with Gasteiger partial charge in [-0.3, -0.25) is 9.10 Å². The van der Waals surface area contributed by atoms with Crippen molar-refractivity contribution < 1.29 is 17.6 Å². The van der Waals surface area contributed by atoms with E-state index in [2.05, 4.69) is 27.8 Å². The number of hydrogen-bond donors (Lipinski definition) is 1. The molecule has 0 spiro atoms. The number of amides is 1. The number of sulfonamides is 1. The summed E-state index contributed by atoms with van der Waals surface area (Å²) in [4.78, 5) is 12.5. The van der Waals surface area contributed by atoms with E-state index in [1.54, 1.807) is 36.4 Å². The average molecular weight is 489 g/mol. The van der Waals surface area contributed by atoms with Crippen LogP contribution < -0.4 is 9.62 Å². The highest BCUT2D eigenvalue weighted by Crippen LogP contribution is 2.25. The van der Waals surface area contributed by atoms with Crippen molar-refractivity contribution in [2.75, 3.05) is 16.2 Å². The lowest BCUT2D eigenvalue weighted by Gasteiger charge is -2.23. The first-order chi connectivity index (χ1) is 14.3. The van der Waals surface area contributed by atoms with E-state index in [4.69, 9.17) is 0 Å². The second-order valence-corrected chi connectivity index (χ2v) is 9.04. The number of halogens is 2. The van der Waals surface area contributed by atoms with Crippen molar-refractivity contribution in [3.8, 4) is 0 Å². The number of para-hydroxylation sites is 1. The molecule has 0 bridgehead atoms. The minimum absolute atomic E-state index is 0.00553. The Morgan fingerprint density at radius 3 is 2.47 bits per heavy atom. The summed E-state index contributed by atoms with van der Waals surface area (Å²) in [6, 6.07) is 18.4. The number of carbonyl (C=O) groups excluding carboxylic acids is 1. The highest BCUT2D eigenvalue weighted by atomic mass is 79.9. The Hall–Kier alpha value is -2.97. The molecule has 0 aliphatic carbocycles. The third kappa shape index (κ3) is 4.77. The lowest BCUT2D eigenvalue weighted by Crippen LogP contribution is -2.31. The molecule has 0 aromatic heterocycles. The van der Waals surface area contributed by atoms with Gasteiger partial charge in [-0.15, -0.1) is 6.58 Å². The highest BCUT2D eigenvalue weighted by molar-refractivity contribution is 9.10. The van der Waals surface area contributed by atoms with Crippen LogP contribution in [-0.4, -0.2) is 20.9 Å². The fraction of sp³-hybridized carbons (Fsp3) is 0.0455. The quantitative estimate of drug-likeness (QED) is 0.463. The summed E-state index contributed by atoms with van der Waals surface area (Å²) in [5.74, 6) is -1.23. The molecule has 0 unspecified atom stereocenters. The van der Waals surface area contributed by atoms with Gasteiger partial charge in [0.15, 0.2) is 0 Å². The van der Waals surface area contributed by atoms with Gasteiger partial charge in [0.25, 0.3) is 15.9 Å². The van der Waals surface area contributed by atoms with Gasteiger partial charge in [0.1, 0.15) is 5.82 Å². The summed E-state index contributed by atoms with van der Waals surface area (Å²) >= 11 is 3.15. The van der Waals surface area contributed by atoms with Crippen LogP contribution in [0.15, 0.2) is 94.8 Å². The van der Waals surface area contributed by atoms with Gasteiger partial charge < -0.3 is 5.32 Å². The predicted octanol–water partition coefficient (Wildman–Crippen LogP) is 5.22. The second-order valence-electron chi connectivity index (χ2n) is 6.27. The largest absolute Gasteiger partial charge is 0.319 e. The van der Waals surface area contributed by atoms with Crippen LogP contribution in [0, 0.1) is 5.82 Å². The molecule has 0 radical (unpaired) electrons. The summed E-state index contributed by atoms with van der Waals surface area (Å²) in [6.45, 7) is 3.69. The maximum Gasteiger partial charge on any atom is 0.264 e.